The molecule has 1 atom stereocenters. The van der Waals surface area contributed by atoms with Gasteiger partial charge in [-0.15, -0.1) is 0 Å². The van der Waals surface area contributed by atoms with Gasteiger partial charge in [-0.3, -0.25) is 4.98 Å². The summed E-state index contributed by atoms with van der Waals surface area (Å²) in [6, 6.07) is 4.12. The number of carbonyl (C=O) groups is 1. The van der Waals surface area contributed by atoms with Crippen LogP contribution < -0.4 is 5.32 Å². The van der Waals surface area contributed by atoms with E-state index >= 15 is 0 Å². The summed E-state index contributed by atoms with van der Waals surface area (Å²) in [5.74, 6) is 0.549. The molecule has 0 saturated carbocycles. The van der Waals surface area contributed by atoms with E-state index < -0.39 is 0 Å². The number of pyridine rings is 1. The second kappa shape index (κ2) is 7.41. The van der Waals surface area contributed by atoms with Gasteiger partial charge in [0.15, 0.2) is 0 Å². The van der Waals surface area contributed by atoms with Crippen LogP contribution in [0.5, 0.6) is 0 Å². The van der Waals surface area contributed by atoms with Gasteiger partial charge >= 0.3 is 6.03 Å². The Kier molecular flexibility index (Phi) is 5.56. The fourth-order valence-corrected chi connectivity index (χ4v) is 2.54. The average molecular weight is 291 g/mol. The maximum atomic E-state index is 12.4. The third-order valence-electron chi connectivity index (χ3n) is 3.65. The number of urea groups is 1. The average Bonchev–Trinajstić information content (AvgIpc) is 2.46. The Bertz CT molecular complexity index is 459. The van der Waals surface area contributed by atoms with E-state index in [0.717, 1.165) is 17.7 Å². The van der Waals surface area contributed by atoms with Crippen LogP contribution in [0.1, 0.15) is 31.5 Å². The minimum atomic E-state index is -0.00970. The van der Waals surface area contributed by atoms with Crippen LogP contribution in [0.25, 0.3) is 0 Å². The molecule has 1 aromatic heterocycles. The molecule has 1 N–H and O–H groups in total. The minimum Gasteiger partial charge on any atom is -0.377 e. The lowest BCUT2D eigenvalue weighted by Crippen LogP contribution is -2.52. The van der Waals surface area contributed by atoms with Crippen LogP contribution in [-0.4, -0.2) is 41.7 Å². The Morgan fingerprint density at radius 3 is 3.00 bits per heavy atom. The van der Waals surface area contributed by atoms with Gasteiger partial charge in [0, 0.05) is 25.0 Å². The van der Waals surface area contributed by atoms with E-state index in [1.807, 2.05) is 24.0 Å². The molecule has 1 aliphatic heterocycles. The lowest BCUT2D eigenvalue weighted by atomic mass is 10.0. The van der Waals surface area contributed by atoms with Gasteiger partial charge in [-0.1, -0.05) is 19.9 Å². The first-order valence-corrected chi connectivity index (χ1v) is 7.60. The third kappa shape index (κ3) is 4.70. The van der Waals surface area contributed by atoms with Crippen LogP contribution >= 0.6 is 0 Å². The SMILES string of the molecule is Cc1ccc(CNC(=O)N2CCOCC2CC(C)C)cn1. The number of rotatable bonds is 4. The normalized spacial score (nSPS) is 18.9. The smallest absolute Gasteiger partial charge is 0.318 e. The standard InChI is InChI=1S/C16H25N3O2/c1-12(2)8-15-11-21-7-6-19(15)16(20)18-10-14-5-4-13(3)17-9-14/h4-5,9,12,15H,6-8,10-11H2,1-3H3,(H,18,20). The van der Waals surface area contributed by atoms with Crippen molar-refractivity contribution in [1.29, 1.82) is 0 Å². The van der Waals surface area contributed by atoms with Crippen molar-refractivity contribution < 1.29 is 9.53 Å². The summed E-state index contributed by atoms with van der Waals surface area (Å²) in [6.07, 6.45) is 2.78. The van der Waals surface area contributed by atoms with E-state index in [4.69, 9.17) is 4.74 Å². The summed E-state index contributed by atoms with van der Waals surface area (Å²) in [5.41, 5.74) is 2.00. The predicted molar refractivity (Wildman–Crippen MR) is 82.0 cm³/mol. The van der Waals surface area contributed by atoms with E-state index in [0.29, 0.717) is 32.2 Å². The quantitative estimate of drug-likeness (QED) is 0.926. The van der Waals surface area contributed by atoms with Gasteiger partial charge in [0.1, 0.15) is 0 Å². The van der Waals surface area contributed by atoms with Gasteiger partial charge in [0.05, 0.1) is 19.3 Å². The highest BCUT2D eigenvalue weighted by atomic mass is 16.5. The molecule has 21 heavy (non-hydrogen) atoms. The van der Waals surface area contributed by atoms with Crippen LogP contribution in [-0.2, 0) is 11.3 Å². The molecular weight excluding hydrogens is 266 g/mol. The number of hydrogen-bond donors (Lipinski definition) is 1. The van der Waals surface area contributed by atoms with Crippen molar-refractivity contribution in [2.24, 2.45) is 5.92 Å². The molecule has 2 amide bonds. The second-order valence-corrected chi connectivity index (χ2v) is 6.02. The molecule has 1 fully saturated rings. The highest BCUT2D eigenvalue weighted by Crippen LogP contribution is 2.15. The summed E-state index contributed by atoms with van der Waals surface area (Å²) >= 11 is 0. The number of amides is 2. The van der Waals surface area contributed by atoms with Crippen LogP contribution in [0.3, 0.4) is 0 Å². The fraction of sp³-hybridized carbons (Fsp3) is 0.625. The van der Waals surface area contributed by atoms with E-state index in [9.17, 15) is 4.79 Å². The maximum Gasteiger partial charge on any atom is 0.318 e. The summed E-state index contributed by atoms with van der Waals surface area (Å²) in [6.45, 7) is 8.72. The summed E-state index contributed by atoms with van der Waals surface area (Å²) in [4.78, 5) is 18.5. The van der Waals surface area contributed by atoms with Crippen molar-refractivity contribution in [3.63, 3.8) is 0 Å². The third-order valence-corrected chi connectivity index (χ3v) is 3.65. The molecule has 5 nitrogen and oxygen atoms in total. The van der Waals surface area contributed by atoms with Crippen molar-refractivity contribution in [2.75, 3.05) is 19.8 Å². The van der Waals surface area contributed by atoms with Gasteiger partial charge in [0.25, 0.3) is 0 Å². The fourth-order valence-electron chi connectivity index (χ4n) is 2.54. The van der Waals surface area contributed by atoms with Gasteiger partial charge in [-0.2, -0.15) is 0 Å². The zero-order chi connectivity index (χ0) is 15.2. The molecule has 2 rings (SSSR count). The first-order chi connectivity index (χ1) is 10.1. The van der Waals surface area contributed by atoms with E-state index in [1.165, 1.54) is 0 Å². The van der Waals surface area contributed by atoms with Gasteiger partial charge in [-0.05, 0) is 30.9 Å². The molecular formula is C16H25N3O2. The molecule has 0 radical (unpaired) electrons. The number of nitrogens with zero attached hydrogens (tertiary/aromatic N) is 2. The van der Waals surface area contributed by atoms with Crippen molar-refractivity contribution >= 4 is 6.03 Å². The second-order valence-electron chi connectivity index (χ2n) is 6.02. The number of ether oxygens (including phenoxy) is 1. The number of hydrogen-bond acceptors (Lipinski definition) is 3. The van der Waals surface area contributed by atoms with Crippen LogP contribution in [0.15, 0.2) is 18.3 Å². The van der Waals surface area contributed by atoms with Gasteiger partial charge in [-0.25, -0.2) is 4.79 Å². The molecule has 1 saturated heterocycles. The van der Waals surface area contributed by atoms with Crippen LogP contribution in [0.4, 0.5) is 4.79 Å². The highest BCUT2D eigenvalue weighted by molar-refractivity contribution is 5.74. The summed E-state index contributed by atoms with van der Waals surface area (Å²) < 4.78 is 5.51. The molecule has 1 unspecified atom stereocenters. The Labute approximate surface area is 126 Å². The van der Waals surface area contributed by atoms with Gasteiger partial charge < -0.3 is 15.0 Å². The van der Waals surface area contributed by atoms with Crippen molar-refractivity contribution in [1.82, 2.24) is 15.2 Å². The molecule has 0 aromatic carbocycles. The van der Waals surface area contributed by atoms with Crippen LogP contribution in [0.2, 0.25) is 0 Å². The summed E-state index contributed by atoms with van der Waals surface area (Å²) in [7, 11) is 0. The molecule has 2 heterocycles. The van der Waals surface area contributed by atoms with Crippen LogP contribution in [0, 0.1) is 12.8 Å². The largest absolute Gasteiger partial charge is 0.377 e. The Balaban J connectivity index is 1.89. The number of nitrogens with one attached hydrogen (secondary N) is 1. The van der Waals surface area contributed by atoms with Crippen molar-refractivity contribution in [2.45, 2.75) is 39.8 Å². The first kappa shape index (κ1) is 15.8. The number of aromatic nitrogens is 1. The molecule has 1 aliphatic rings. The predicted octanol–water partition coefficient (Wildman–Crippen LogP) is 2.35. The lowest BCUT2D eigenvalue weighted by Gasteiger charge is -2.36. The molecule has 0 bridgehead atoms. The van der Waals surface area contributed by atoms with E-state index in [-0.39, 0.29) is 12.1 Å². The Morgan fingerprint density at radius 1 is 1.52 bits per heavy atom. The topological polar surface area (TPSA) is 54.5 Å². The van der Waals surface area contributed by atoms with Gasteiger partial charge in [0.2, 0.25) is 0 Å². The minimum absolute atomic E-state index is 0.00970. The lowest BCUT2D eigenvalue weighted by molar-refractivity contribution is 0.00551. The number of carbonyl (C=O) groups excluding carboxylic acids is 1. The van der Waals surface area contributed by atoms with E-state index in [2.05, 4.69) is 24.1 Å². The first-order valence-electron chi connectivity index (χ1n) is 7.60. The molecule has 0 spiro atoms. The zero-order valence-corrected chi connectivity index (χ0v) is 13.1. The Hall–Kier alpha value is -1.62. The zero-order valence-electron chi connectivity index (χ0n) is 13.1. The summed E-state index contributed by atoms with van der Waals surface area (Å²) in [5, 5.41) is 2.98. The molecule has 116 valence electrons. The highest BCUT2D eigenvalue weighted by Gasteiger charge is 2.27. The number of morpholine rings is 1. The molecule has 5 heteroatoms. The molecule has 1 aromatic rings. The number of aryl methyl sites for hydroxylation is 1. The monoisotopic (exact) mass is 291 g/mol. The van der Waals surface area contributed by atoms with Crippen molar-refractivity contribution in [3.8, 4) is 0 Å². The van der Waals surface area contributed by atoms with E-state index in [1.54, 1.807) is 6.20 Å². The molecule has 0 aliphatic carbocycles. The Morgan fingerprint density at radius 2 is 2.33 bits per heavy atom. The maximum absolute atomic E-state index is 12.4. The van der Waals surface area contributed by atoms with Crippen molar-refractivity contribution in [3.05, 3.63) is 29.6 Å².